The first-order valence-electron chi connectivity index (χ1n) is 7.36. The van der Waals surface area contributed by atoms with Crippen LogP contribution in [0.25, 0.3) is 0 Å². The molecule has 0 atom stereocenters. The molecule has 0 aromatic heterocycles. The molecule has 104 valence electrons. The van der Waals surface area contributed by atoms with Crippen molar-refractivity contribution in [2.24, 2.45) is 5.92 Å². The first-order chi connectivity index (χ1) is 9.23. The topological polar surface area (TPSA) is 32.7 Å². The molecule has 1 heterocycles. The number of aliphatic hydroxyl groups is 1. The summed E-state index contributed by atoms with van der Waals surface area (Å²) in [6.45, 7) is 3.65. The average molecular weight is 261 g/mol. The SMILES string of the molecule is OC1(COc2ccccc2)CCN(CC2CC2)CC1. The highest BCUT2D eigenvalue weighted by Crippen LogP contribution is 2.32. The second-order valence-corrected chi connectivity index (χ2v) is 6.07. The Kier molecular flexibility index (Phi) is 3.76. The average Bonchev–Trinajstić information content (AvgIpc) is 3.25. The Balaban J connectivity index is 1.45. The number of para-hydroxylation sites is 1. The van der Waals surface area contributed by atoms with Crippen LogP contribution < -0.4 is 4.74 Å². The lowest BCUT2D eigenvalue weighted by molar-refractivity contribution is -0.0529. The molecule has 1 aromatic rings. The molecule has 1 N–H and O–H groups in total. The first kappa shape index (κ1) is 12.9. The van der Waals surface area contributed by atoms with Crippen LogP contribution >= 0.6 is 0 Å². The van der Waals surface area contributed by atoms with Gasteiger partial charge in [-0.15, -0.1) is 0 Å². The van der Waals surface area contributed by atoms with E-state index in [-0.39, 0.29) is 0 Å². The molecule has 3 nitrogen and oxygen atoms in total. The fraction of sp³-hybridized carbons (Fsp3) is 0.625. The number of hydrogen-bond donors (Lipinski definition) is 1. The van der Waals surface area contributed by atoms with Gasteiger partial charge < -0.3 is 14.7 Å². The van der Waals surface area contributed by atoms with Gasteiger partial charge in [-0.1, -0.05) is 18.2 Å². The van der Waals surface area contributed by atoms with E-state index in [1.54, 1.807) is 0 Å². The number of nitrogens with zero attached hydrogens (tertiary/aromatic N) is 1. The summed E-state index contributed by atoms with van der Waals surface area (Å²) < 4.78 is 5.71. The molecule has 0 spiro atoms. The number of rotatable bonds is 5. The van der Waals surface area contributed by atoms with Crippen molar-refractivity contribution < 1.29 is 9.84 Å². The Hall–Kier alpha value is -1.06. The fourth-order valence-corrected chi connectivity index (χ4v) is 2.70. The van der Waals surface area contributed by atoms with Gasteiger partial charge in [-0.2, -0.15) is 0 Å². The molecule has 3 rings (SSSR count). The van der Waals surface area contributed by atoms with E-state index in [1.807, 2.05) is 30.3 Å². The standard InChI is InChI=1S/C16H23NO2/c18-16(13-19-15-4-2-1-3-5-15)8-10-17(11-9-16)12-14-6-7-14/h1-5,14,18H,6-13H2. The molecular formula is C16H23NO2. The third-order valence-corrected chi connectivity index (χ3v) is 4.25. The van der Waals surface area contributed by atoms with Gasteiger partial charge in [0.05, 0.1) is 0 Å². The van der Waals surface area contributed by atoms with E-state index in [0.29, 0.717) is 6.61 Å². The number of hydrogen-bond acceptors (Lipinski definition) is 3. The van der Waals surface area contributed by atoms with E-state index in [2.05, 4.69) is 4.90 Å². The van der Waals surface area contributed by atoms with Crippen LogP contribution in [0.15, 0.2) is 30.3 Å². The Labute approximate surface area is 115 Å². The van der Waals surface area contributed by atoms with Crippen LogP contribution in [0.2, 0.25) is 0 Å². The zero-order valence-corrected chi connectivity index (χ0v) is 11.4. The van der Waals surface area contributed by atoms with Crippen molar-refractivity contribution in [1.29, 1.82) is 0 Å². The van der Waals surface area contributed by atoms with Crippen molar-refractivity contribution in [3.8, 4) is 5.75 Å². The maximum atomic E-state index is 10.5. The summed E-state index contributed by atoms with van der Waals surface area (Å²) in [7, 11) is 0. The minimum Gasteiger partial charge on any atom is -0.491 e. The van der Waals surface area contributed by atoms with Crippen LogP contribution in [-0.4, -0.2) is 41.8 Å². The lowest BCUT2D eigenvalue weighted by atomic mass is 9.92. The molecule has 1 saturated carbocycles. The molecule has 1 aliphatic heterocycles. The van der Waals surface area contributed by atoms with E-state index in [9.17, 15) is 5.11 Å². The zero-order valence-electron chi connectivity index (χ0n) is 11.4. The second-order valence-electron chi connectivity index (χ2n) is 6.07. The lowest BCUT2D eigenvalue weighted by Crippen LogP contribution is -2.48. The van der Waals surface area contributed by atoms with Gasteiger partial charge in [-0.05, 0) is 43.7 Å². The Morgan fingerprint density at radius 2 is 1.84 bits per heavy atom. The second kappa shape index (κ2) is 5.51. The highest BCUT2D eigenvalue weighted by molar-refractivity contribution is 5.21. The predicted molar refractivity (Wildman–Crippen MR) is 75.3 cm³/mol. The minimum atomic E-state index is -0.643. The van der Waals surface area contributed by atoms with Gasteiger partial charge in [0.15, 0.2) is 0 Å². The largest absolute Gasteiger partial charge is 0.491 e. The van der Waals surface area contributed by atoms with Crippen molar-refractivity contribution in [2.75, 3.05) is 26.2 Å². The van der Waals surface area contributed by atoms with Crippen LogP contribution in [0.4, 0.5) is 0 Å². The molecule has 3 heteroatoms. The smallest absolute Gasteiger partial charge is 0.119 e. The number of benzene rings is 1. The summed E-state index contributed by atoms with van der Waals surface area (Å²) >= 11 is 0. The molecule has 0 unspecified atom stereocenters. The van der Waals surface area contributed by atoms with Crippen molar-refractivity contribution in [2.45, 2.75) is 31.3 Å². The monoisotopic (exact) mass is 261 g/mol. The molecule has 1 aromatic carbocycles. The summed E-state index contributed by atoms with van der Waals surface area (Å²) in [6, 6.07) is 9.75. The molecule has 1 saturated heterocycles. The molecule has 0 radical (unpaired) electrons. The zero-order chi connectivity index (χ0) is 13.1. The molecule has 1 aliphatic carbocycles. The number of piperidine rings is 1. The normalized spacial score (nSPS) is 23.2. The molecular weight excluding hydrogens is 238 g/mol. The fourth-order valence-electron chi connectivity index (χ4n) is 2.70. The van der Waals surface area contributed by atoms with Gasteiger partial charge >= 0.3 is 0 Å². The molecule has 0 amide bonds. The highest BCUT2D eigenvalue weighted by Gasteiger charge is 2.35. The predicted octanol–water partition coefficient (Wildman–Crippen LogP) is 2.30. The Bertz CT molecular complexity index is 394. The van der Waals surface area contributed by atoms with Gasteiger partial charge in [0.25, 0.3) is 0 Å². The van der Waals surface area contributed by atoms with Crippen molar-refractivity contribution in [3.05, 3.63) is 30.3 Å². The van der Waals surface area contributed by atoms with Crippen LogP contribution in [-0.2, 0) is 0 Å². The summed E-state index contributed by atoms with van der Waals surface area (Å²) in [4.78, 5) is 2.49. The number of ether oxygens (including phenoxy) is 1. The van der Waals surface area contributed by atoms with E-state index in [4.69, 9.17) is 4.74 Å². The molecule has 0 bridgehead atoms. The minimum absolute atomic E-state index is 0.411. The van der Waals surface area contributed by atoms with Gasteiger partial charge in [0, 0.05) is 19.6 Å². The maximum Gasteiger partial charge on any atom is 0.119 e. The van der Waals surface area contributed by atoms with Crippen LogP contribution in [0.3, 0.4) is 0 Å². The third-order valence-electron chi connectivity index (χ3n) is 4.25. The summed E-state index contributed by atoms with van der Waals surface area (Å²) in [6.07, 6.45) is 4.45. The van der Waals surface area contributed by atoms with E-state index in [0.717, 1.165) is 37.6 Å². The third kappa shape index (κ3) is 3.71. The Morgan fingerprint density at radius 3 is 2.47 bits per heavy atom. The van der Waals surface area contributed by atoms with E-state index >= 15 is 0 Å². The van der Waals surface area contributed by atoms with Crippen LogP contribution in [0, 0.1) is 5.92 Å². The Morgan fingerprint density at radius 1 is 1.16 bits per heavy atom. The van der Waals surface area contributed by atoms with Gasteiger partial charge in [-0.25, -0.2) is 0 Å². The van der Waals surface area contributed by atoms with Crippen molar-refractivity contribution in [3.63, 3.8) is 0 Å². The van der Waals surface area contributed by atoms with Crippen LogP contribution in [0.1, 0.15) is 25.7 Å². The maximum absolute atomic E-state index is 10.5. The number of likely N-dealkylation sites (tertiary alicyclic amines) is 1. The van der Waals surface area contributed by atoms with Crippen molar-refractivity contribution in [1.82, 2.24) is 4.90 Å². The lowest BCUT2D eigenvalue weighted by Gasteiger charge is -2.38. The first-order valence-corrected chi connectivity index (χ1v) is 7.36. The molecule has 2 fully saturated rings. The summed E-state index contributed by atoms with van der Waals surface area (Å²) in [5.74, 6) is 1.78. The van der Waals surface area contributed by atoms with Gasteiger partial charge in [-0.3, -0.25) is 0 Å². The highest BCUT2D eigenvalue weighted by atomic mass is 16.5. The van der Waals surface area contributed by atoms with Crippen molar-refractivity contribution >= 4 is 0 Å². The van der Waals surface area contributed by atoms with Gasteiger partial charge in [0.1, 0.15) is 18.0 Å². The molecule has 2 aliphatic rings. The quantitative estimate of drug-likeness (QED) is 0.883. The van der Waals surface area contributed by atoms with E-state index < -0.39 is 5.60 Å². The van der Waals surface area contributed by atoms with E-state index in [1.165, 1.54) is 19.4 Å². The summed E-state index contributed by atoms with van der Waals surface area (Å²) in [5.41, 5.74) is -0.643. The van der Waals surface area contributed by atoms with Crippen LogP contribution in [0.5, 0.6) is 5.75 Å². The summed E-state index contributed by atoms with van der Waals surface area (Å²) in [5, 5.41) is 10.5. The van der Waals surface area contributed by atoms with Gasteiger partial charge in [0.2, 0.25) is 0 Å². The molecule has 19 heavy (non-hydrogen) atoms.